The molecular weight excluding hydrogens is 262 g/mol. The van der Waals surface area contributed by atoms with E-state index in [1.54, 1.807) is 18.2 Å². The van der Waals surface area contributed by atoms with Crippen LogP contribution in [0.5, 0.6) is 0 Å². The predicted molar refractivity (Wildman–Crippen MR) is 74.0 cm³/mol. The second-order valence-corrected chi connectivity index (χ2v) is 8.03. The summed E-state index contributed by atoms with van der Waals surface area (Å²) in [5, 5.41) is 2.87. The first-order valence-electron chi connectivity index (χ1n) is 6.37. The van der Waals surface area contributed by atoms with Crippen LogP contribution >= 0.6 is 0 Å². The molecule has 0 aromatic heterocycles. The number of amides is 1. The summed E-state index contributed by atoms with van der Waals surface area (Å²) in [6.45, 7) is 5.73. The molecule has 0 spiro atoms. The lowest BCUT2D eigenvalue weighted by atomic mass is 10.0. The lowest BCUT2D eigenvalue weighted by molar-refractivity contribution is 0.0919. The highest BCUT2D eigenvalue weighted by Crippen LogP contribution is 2.26. The van der Waals surface area contributed by atoms with E-state index in [-0.39, 0.29) is 17.2 Å². The van der Waals surface area contributed by atoms with Gasteiger partial charge in [0.05, 0.1) is 10.6 Å². The standard InChI is InChI=1S/C14H19NO3S/c1-14(2,3)15-13(16)11-6-7-12-10(9-11)5-4-8-19(12,17)18/h6-7,9H,4-5,8H2,1-3H3,(H,15,16). The Morgan fingerprint density at radius 2 is 1.95 bits per heavy atom. The first-order valence-corrected chi connectivity index (χ1v) is 8.02. The molecular formula is C14H19NO3S. The summed E-state index contributed by atoms with van der Waals surface area (Å²) >= 11 is 0. The zero-order valence-corrected chi connectivity index (χ0v) is 12.3. The van der Waals surface area contributed by atoms with Gasteiger partial charge in [-0.1, -0.05) is 0 Å². The monoisotopic (exact) mass is 281 g/mol. The Hall–Kier alpha value is -1.36. The largest absolute Gasteiger partial charge is 0.347 e. The summed E-state index contributed by atoms with van der Waals surface area (Å²) < 4.78 is 23.8. The quantitative estimate of drug-likeness (QED) is 0.855. The van der Waals surface area contributed by atoms with Crippen LogP contribution in [-0.2, 0) is 16.3 Å². The zero-order chi connectivity index (χ0) is 14.3. The Labute approximate surface area is 114 Å². The van der Waals surface area contributed by atoms with E-state index in [4.69, 9.17) is 0 Å². The summed E-state index contributed by atoms with van der Waals surface area (Å²) in [6.07, 6.45) is 1.34. The fourth-order valence-corrected chi connectivity index (χ4v) is 3.77. The highest BCUT2D eigenvalue weighted by molar-refractivity contribution is 7.91. The molecule has 0 aliphatic carbocycles. The molecule has 1 heterocycles. The molecule has 0 unspecified atom stereocenters. The lowest BCUT2D eigenvalue weighted by Crippen LogP contribution is -2.40. The first kappa shape index (κ1) is 14.1. The molecule has 1 aromatic carbocycles. The minimum atomic E-state index is -3.15. The van der Waals surface area contributed by atoms with Gasteiger partial charge in [-0.05, 0) is 57.4 Å². The molecule has 19 heavy (non-hydrogen) atoms. The van der Waals surface area contributed by atoms with Crippen molar-refractivity contribution in [3.05, 3.63) is 29.3 Å². The maximum Gasteiger partial charge on any atom is 0.251 e. The van der Waals surface area contributed by atoms with Crippen molar-refractivity contribution >= 4 is 15.7 Å². The molecule has 104 valence electrons. The molecule has 5 heteroatoms. The van der Waals surface area contributed by atoms with Crippen molar-refractivity contribution in [2.24, 2.45) is 0 Å². The van der Waals surface area contributed by atoms with Crippen LogP contribution in [0.2, 0.25) is 0 Å². The molecule has 2 rings (SSSR count). The molecule has 0 saturated heterocycles. The van der Waals surface area contributed by atoms with Gasteiger partial charge in [-0.15, -0.1) is 0 Å². The summed E-state index contributed by atoms with van der Waals surface area (Å²) in [5.41, 5.74) is 0.970. The van der Waals surface area contributed by atoms with Crippen LogP contribution in [0, 0.1) is 0 Å². The Balaban J connectivity index is 2.35. The molecule has 0 saturated carbocycles. The molecule has 1 aromatic rings. The Morgan fingerprint density at radius 3 is 2.58 bits per heavy atom. The van der Waals surface area contributed by atoms with E-state index in [9.17, 15) is 13.2 Å². The molecule has 4 nitrogen and oxygen atoms in total. The Kier molecular flexibility index (Phi) is 3.43. The van der Waals surface area contributed by atoms with E-state index in [1.807, 2.05) is 20.8 Å². The fraction of sp³-hybridized carbons (Fsp3) is 0.500. The maximum atomic E-state index is 12.0. The van der Waals surface area contributed by atoms with Crippen LogP contribution in [0.25, 0.3) is 0 Å². The number of benzene rings is 1. The van der Waals surface area contributed by atoms with Crippen molar-refractivity contribution in [1.29, 1.82) is 0 Å². The van der Waals surface area contributed by atoms with Gasteiger partial charge in [0.15, 0.2) is 9.84 Å². The van der Waals surface area contributed by atoms with Gasteiger partial charge >= 0.3 is 0 Å². The van der Waals surface area contributed by atoms with Crippen molar-refractivity contribution in [3.63, 3.8) is 0 Å². The SMILES string of the molecule is CC(C)(C)NC(=O)c1ccc2c(c1)CCCS2(=O)=O. The average molecular weight is 281 g/mol. The van der Waals surface area contributed by atoms with Crippen LogP contribution in [0.3, 0.4) is 0 Å². The summed E-state index contributed by atoms with van der Waals surface area (Å²) in [7, 11) is -3.15. The third-order valence-corrected chi connectivity index (χ3v) is 4.90. The molecule has 1 amide bonds. The summed E-state index contributed by atoms with van der Waals surface area (Å²) in [4.78, 5) is 12.4. The predicted octanol–water partition coefficient (Wildman–Crippen LogP) is 1.93. The van der Waals surface area contributed by atoms with Crippen LogP contribution in [-0.4, -0.2) is 25.6 Å². The van der Waals surface area contributed by atoms with Crippen LogP contribution in [0.4, 0.5) is 0 Å². The number of hydrogen-bond donors (Lipinski definition) is 1. The van der Waals surface area contributed by atoms with E-state index in [0.29, 0.717) is 23.3 Å². The third-order valence-electron chi connectivity index (χ3n) is 3.01. The fourth-order valence-electron chi connectivity index (χ4n) is 2.19. The number of sulfone groups is 1. The van der Waals surface area contributed by atoms with Gasteiger partial charge in [0.1, 0.15) is 0 Å². The smallest absolute Gasteiger partial charge is 0.251 e. The second kappa shape index (κ2) is 4.63. The van der Waals surface area contributed by atoms with Crippen LogP contribution in [0.1, 0.15) is 43.1 Å². The van der Waals surface area contributed by atoms with Crippen LogP contribution in [0.15, 0.2) is 23.1 Å². The third kappa shape index (κ3) is 3.15. The molecule has 0 fully saturated rings. The lowest BCUT2D eigenvalue weighted by Gasteiger charge is -2.22. The highest BCUT2D eigenvalue weighted by atomic mass is 32.2. The molecule has 1 aliphatic heterocycles. The van der Waals surface area contributed by atoms with Crippen molar-refractivity contribution < 1.29 is 13.2 Å². The van der Waals surface area contributed by atoms with Gasteiger partial charge in [0, 0.05) is 11.1 Å². The second-order valence-electron chi connectivity index (χ2n) is 5.95. The van der Waals surface area contributed by atoms with E-state index in [0.717, 1.165) is 5.56 Å². The zero-order valence-electron chi connectivity index (χ0n) is 11.5. The van der Waals surface area contributed by atoms with Crippen molar-refractivity contribution in [2.75, 3.05) is 5.75 Å². The average Bonchev–Trinajstić information content (AvgIpc) is 2.25. The maximum absolute atomic E-state index is 12.0. The van der Waals surface area contributed by atoms with E-state index in [1.165, 1.54) is 0 Å². The normalized spacial score (nSPS) is 17.6. The summed E-state index contributed by atoms with van der Waals surface area (Å²) in [6, 6.07) is 4.84. The van der Waals surface area contributed by atoms with E-state index >= 15 is 0 Å². The molecule has 0 radical (unpaired) electrons. The van der Waals surface area contributed by atoms with E-state index in [2.05, 4.69) is 5.32 Å². The topological polar surface area (TPSA) is 63.2 Å². The van der Waals surface area contributed by atoms with Crippen molar-refractivity contribution in [3.8, 4) is 0 Å². The Bertz CT molecular complexity index is 612. The van der Waals surface area contributed by atoms with Gasteiger partial charge in [0.2, 0.25) is 0 Å². The van der Waals surface area contributed by atoms with E-state index < -0.39 is 9.84 Å². The minimum Gasteiger partial charge on any atom is -0.347 e. The van der Waals surface area contributed by atoms with Gasteiger partial charge < -0.3 is 5.32 Å². The summed E-state index contributed by atoms with van der Waals surface area (Å²) in [5.74, 6) is 0.0337. The van der Waals surface area contributed by atoms with Crippen LogP contribution < -0.4 is 5.32 Å². The minimum absolute atomic E-state index is 0.168. The molecule has 0 atom stereocenters. The number of fused-ring (bicyclic) bond motifs is 1. The van der Waals surface area contributed by atoms with Gasteiger partial charge in [-0.2, -0.15) is 0 Å². The number of hydrogen-bond acceptors (Lipinski definition) is 3. The van der Waals surface area contributed by atoms with Gasteiger partial charge in [0.25, 0.3) is 5.91 Å². The first-order chi connectivity index (χ1) is 8.69. The molecule has 1 N–H and O–H groups in total. The number of rotatable bonds is 1. The van der Waals surface area contributed by atoms with Crippen molar-refractivity contribution in [2.45, 2.75) is 44.0 Å². The van der Waals surface area contributed by atoms with Gasteiger partial charge in [-0.3, -0.25) is 4.79 Å². The number of nitrogens with one attached hydrogen (secondary N) is 1. The number of carbonyl (C=O) groups is 1. The highest BCUT2D eigenvalue weighted by Gasteiger charge is 2.24. The van der Waals surface area contributed by atoms with Gasteiger partial charge in [-0.25, -0.2) is 8.42 Å². The molecule has 1 aliphatic rings. The Morgan fingerprint density at radius 1 is 1.26 bits per heavy atom. The van der Waals surface area contributed by atoms with Crippen molar-refractivity contribution in [1.82, 2.24) is 5.32 Å². The number of carbonyl (C=O) groups excluding carboxylic acids is 1. The number of aryl methyl sites for hydroxylation is 1. The molecule has 0 bridgehead atoms.